The summed E-state index contributed by atoms with van der Waals surface area (Å²) in [4.78, 5) is 0. The average Bonchev–Trinajstić information content (AvgIpc) is 0.918. The molecule has 0 aliphatic carbocycles. The third kappa shape index (κ3) is 29.0. The monoisotopic (exact) mass is 219 g/mol. The van der Waals surface area contributed by atoms with Crippen LogP contribution < -0.4 is 0 Å². The topological polar surface area (TPSA) is 40.5 Å². The van der Waals surface area contributed by atoms with Crippen LogP contribution in [0.4, 0.5) is 0 Å². The van der Waals surface area contributed by atoms with Crippen molar-refractivity contribution in [3.05, 3.63) is 0 Å². The molecule has 0 aromatic rings. The average molecular weight is 222 g/mol. The molecule has 0 atom stereocenters. The Morgan fingerprint density at radius 3 is 1.20 bits per heavy atom. The molecular formula is H2CuNiO2Zn. The van der Waals surface area contributed by atoms with E-state index < -0.39 is 0 Å². The molecule has 5 heteroatoms. The Bertz CT molecular complexity index is 9.61. The summed E-state index contributed by atoms with van der Waals surface area (Å²) in [6.07, 6.45) is 0. The molecule has 0 rings (SSSR count). The molecule has 1 radical (unpaired) electrons. The maximum absolute atomic E-state index is 7.06. The fourth-order valence-electron chi connectivity index (χ4n) is 0. The molecule has 0 heterocycles. The minimum Gasteiger partial charge on any atom is 0 e. The Labute approximate surface area is 60.0 Å². The van der Waals surface area contributed by atoms with E-state index in [-0.39, 0.29) is 51.6 Å². The van der Waals surface area contributed by atoms with Crippen molar-refractivity contribution < 1.29 is 60.1 Å². The molecule has 0 saturated heterocycles. The molecular weight excluding hydrogens is 220 g/mol. The van der Waals surface area contributed by atoms with Gasteiger partial charge in [0.05, 0.1) is 0 Å². The third-order valence-electron chi connectivity index (χ3n) is 0. The summed E-state index contributed by atoms with van der Waals surface area (Å²) in [5.74, 6) is 0. The van der Waals surface area contributed by atoms with E-state index >= 15 is 0 Å². The van der Waals surface area contributed by atoms with Gasteiger partial charge in [0, 0.05) is 36.5 Å². The van der Waals surface area contributed by atoms with Crippen molar-refractivity contribution >= 4 is 0 Å². The summed E-state index contributed by atoms with van der Waals surface area (Å²) in [6, 6.07) is 0. The van der Waals surface area contributed by atoms with Crippen LogP contribution in [0, 0.1) is 0 Å². The van der Waals surface area contributed by atoms with Crippen molar-refractivity contribution in [2.45, 2.75) is 0 Å². The normalized spacial score (nSPS) is 4.40. The van der Waals surface area contributed by atoms with Crippen LogP contribution in [-0.4, -0.2) is 8.50 Å². The Hall–Kier alpha value is 1.56. The molecule has 0 aromatic carbocycles. The van der Waals surface area contributed by atoms with Gasteiger partial charge in [0.25, 0.3) is 0 Å². The van der Waals surface area contributed by atoms with Gasteiger partial charge in [-0.3, -0.25) is 0 Å². The zero-order chi connectivity index (χ0) is 2.71. The molecule has 0 aliphatic rings. The maximum Gasteiger partial charge on any atom is 0 e. The minimum atomic E-state index is -0.375. The SMILES string of the molecule is [Cu].[OH][Ni][OH].[Zn]. The fraction of sp³-hybridized carbons (Fsp3) is 0. The zero-order valence-electron chi connectivity index (χ0n) is 2.22. The Kier molecular flexibility index (Phi) is 56.5. The summed E-state index contributed by atoms with van der Waals surface area (Å²) in [5.41, 5.74) is 0. The summed E-state index contributed by atoms with van der Waals surface area (Å²) < 4.78 is 14.1. The smallest absolute Gasteiger partial charge is 0 e. The van der Waals surface area contributed by atoms with Crippen LogP contribution in [0.2, 0.25) is 0 Å². The number of hydrogen-bond acceptors (Lipinski definition) is 2. The second-order valence-corrected chi connectivity index (χ2v) is 0.261. The first-order chi connectivity index (χ1) is 1.41. The van der Waals surface area contributed by atoms with E-state index in [0.717, 1.165) is 0 Å². The summed E-state index contributed by atoms with van der Waals surface area (Å²) in [7, 11) is 0. The second-order valence-electron chi connectivity index (χ2n) is 0.0632. The number of rotatable bonds is 0. The first kappa shape index (κ1) is 16.0. The van der Waals surface area contributed by atoms with Crippen LogP contribution in [0.25, 0.3) is 0 Å². The predicted molar refractivity (Wildman–Crippen MR) is 4.44 cm³/mol. The standard InChI is InChI=1S/Cu.Ni.2H2O.Zn/h;;2*1H2;/q;+2;;;/p-2. The van der Waals surface area contributed by atoms with Gasteiger partial charge < -0.3 is 0 Å². The Morgan fingerprint density at radius 2 is 1.20 bits per heavy atom. The first-order valence-electron chi connectivity index (χ1n) is 0.283. The van der Waals surface area contributed by atoms with Gasteiger partial charge in [0.1, 0.15) is 0 Å². The maximum atomic E-state index is 7.06. The van der Waals surface area contributed by atoms with Crippen LogP contribution in [-0.2, 0) is 51.6 Å². The van der Waals surface area contributed by atoms with E-state index in [1.165, 1.54) is 0 Å². The van der Waals surface area contributed by atoms with Crippen LogP contribution in [0.3, 0.4) is 0 Å². The quantitative estimate of drug-likeness (QED) is 0.509. The van der Waals surface area contributed by atoms with E-state index in [1.54, 1.807) is 0 Å². The van der Waals surface area contributed by atoms with Gasteiger partial charge in [-0.25, -0.2) is 0 Å². The Morgan fingerprint density at radius 1 is 1.20 bits per heavy atom. The molecule has 0 saturated carbocycles. The summed E-state index contributed by atoms with van der Waals surface area (Å²) in [5, 5.41) is 0. The van der Waals surface area contributed by atoms with E-state index in [0.29, 0.717) is 0 Å². The van der Waals surface area contributed by atoms with Crippen molar-refractivity contribution in [3.8, 4) is 0 Å². The Balaban J connectivity index is -0.0000000200. The van der Waals surface area contributed by atoms with Crippen molar-refractivity contribution in [2.24, 2.45) is 0 Å². The molecule has 37 valence electrons. The molecule has 0 unspecified atom stereocenters. The van der Waals surface area contributed by atoms with Gasteiger partial charge >= 0.3 is 23.6 Å². The van der Waals surface area contributed by atoms with E-state index in [1.807, 2.05) is 0 Å². The van der Waals surface area contributed by atoms with Crippen molar-refractivity contribution in [2.75, 3.05) is 0 Å². The largest absolute Gasteiger partial charge is 0 e. The molecule has 5 heavy (non-hydrogen) atoms. The van der Waals surface area contributed by atoms with Gasteiger partial charge in [-0.05, 0) is 0 Å². The zero-order valence-corrected chi connectivity index (χ0v) is 7.12. The van der Waals surface area contributed by atoms with Gasteiger partial charge in [-0.2, -0.15) is 0 Å². The minimum absolute atomic E-state index is 0. The van der Waals surface area contributed by atoms with Crippen molar-refractivity contribution in [3.63, 3.8) is 0 Å². The van der Waals surface area contributed by atoms with E-state index in [9.17, 15) is 0 Å². The molecule has 2 nitrogen and oxygen atoms in total. The number of hydrogen-bond donors (Lipinski definition) is 2. The van der Waals surface area contributed by atoms with E-state index in [4.69, 9.17) is 8.50 Å². The van der Waals surface area contributed by atoms with Crippen LogP contribution >= 0.6 is 0 Å². The first-order valence-corrected chi connectivity index (χ1v) is 1.17. The van der Waals surface area contributed by atoms with Gasteiger partial charge in [0.2, 0.25) is 0 Å². The van der Waals surface area contributed by atoms with Gasteiger partial charge in [0.15, 0.2) is 0 Å². The molecule has 0 spiro atoms. The van der Waals surface area contributed by atoms with E-state index in [2.05, 4.69) is 0 Å². The summed E-state index contributed by atoms with van der Waals surface area (Å²) in [6.45, 7) is 0. The third-order valence-corrected chi connectivity index (χ3v) is 0. The van der Waals surface area contributed by atoms with Crippen LogP contribution in [0.5, 0.6) is 0 Å². The van der Waals surface area contributed by atoms with Crippen LogP contribution in [0.1, 0.15) is 0 Å². The van der Waals surface area contributed by atoms with Crippen molar-refractivity contribution in [1.29, 1.82) is 0 Å². The molecule has 0 aromatic heterocycles. The molecule has 2 N–H and O–H groups in total. The van der Waals surface area contributed by atoms with Crippen LogP contribution in [0.15, 0.2) is 0 Å². The molecule has 0 aliphatic heterocycles. The van der Waals surface area contributed by atoms with Gasteiger partial charge in [-0.15, -0.1) is 0 Å². The van der Waals surface area contributed by atoms with Gasteiger partial charge in [-0.1, -0.05) is 0 Å². The fourth-order valence-corrected chi connectivity index (χ4v) is 0. The second kappa shape index (κ2) is 17.7. The summed E-state index contributed by atoms with van der Waals surface area (Å²) >= 11 is -0.375. The molecule has 0 amide bonds. The molecule has 0 fully saturated rings. The van der Waals surface area contributed by atoms with Crippen molar-refractivity contribution in [1.82, 2.24) is 0 Å². The molecule has 0 bridgehead atoms. The predicted octanol–water partition coefficient (Wildman–Crippen LogP) is -1.12.